The van der Waals surface area contributed by atoms with Gasteiger partial charge in [0.15, 0.2) is 5.76 Å². The number of furan rings is 1. The number of nitrogens with zero attached hydrogens (tertiary/aromatic N) is 1. The first-order valence-electron chi connectivity index (χ1n) is 6.82. The van der Waals surface area contributed by atoms with Crippen molar-refractivity contribution < 1.29 is 23.9 Å². The topological polar surface area (TPSA) is 99.9 Å². The summed E-state index contributed by atoms with van der Waals surface area (Å²) in [5, 5.41) is 11.4. The maximum atomic E-state index is 12.3. The second kappa shape index (κ2) is 6.43. The monoisotopic (exact) mass is 294 g/mol. The number of carboxylic acid groups (broad SMARTS) is 1. The number of nitrogens with one attached hydrogen (secondary N) is 1. The Morgan fingerprint density at radius 1 is 1.48 bits per heavy atom. The van der Waals surface area contributed by atoms with Crippen LogP contribution < -0.4 is 5.32 Å². The van der Waals surface area contributed by atoms with Gasteiger partial charge < -0.3 is 19.7 Å². The summed E-state index contributed by atoms with van der Waals surface area (Å²) in [7, 11) is 0. The van der Waals surface area contributed by atoms with Gasteiger partial charge in [-0.3, -0.25) is 14.4 Å². The molecule has 1 aromatic rings. The van der Waals surface area contributed by atoms with Crippen LogP contribution in [0.3, 0.4) is 0 Å². The number of rotatable bonds is 7. The zero-order valence-corrected chi connectivity index (χ0v) is 11.7. The first-order valence-corrected chi connectivity index (χ1v) is 6.82. The molecule has 1 aromatic heterocycles. The fourth-order valence-corrected chi connectivity index (χ4v) is 2.02. The Bertz CT molecular complexity index is 521. The molecule has 0 bridgehead atoms. The lowest BCUT2D eigenvalue weighted by atomic mass is 10.2. The van der Waals surface area contributed by atoms with E-state index < -0.39 is 23.8 Å². The van der Waals surface area contributed by atoms with E-state index in [4.69, 9.17) is 9.52 Å². The highest BCUT2D eigenvalue weighted by Crippen LogP contribution is 2.29. The van der Waals surface area contributed by atoms with Crippen LogP contribution in [0.5, 0.6) is 0 Å². The molecule has 1 aliphatic rings. The molecule has 0 spiro atoms. The van der Waals surface area contributed by atoms with Crippen LogP contribution in [0.25, 0.3) is 0 Å². The molecular weight excluding hydrogens is 276 g/mol. The standard InChI is InChI=1S/C14H18N2O5/c1-9(15-13(19)11-3-2-6-21-11)14(20)16(8-12(17)18)7-10-4-5-10/h2-3,6,9-10H,4-5,7-8H2,1H3,(H,15,19)(H,17,18). The quantitative estimate of drug-likeness (QED) is 0.772. The average Bonchev–Trinajstić information content (AvgIpc) is 3.06. The fourth-order valence-electron chi connectivity index (χ4n) is 2.02. The molecule has 2 rings (SSSR count). The van der Waals surface area contributed by atoms with Crippen molar-refractivity contribution in [2.45, 2.75) is 25.8 Å². The Kier molecular flexibility index (Phi) is 4.62. The number of carbonyl (C=O) groups excluding carboxylic acids is 2. The van der Waals surface area contributed by atoms with Gasteiger partial charge in [0.05, 0.1) is 6.26 Å². The third-order valence-corrected chi connectivity index (χ3v) is 3.28. The Balaban J connectivity index is 1.94. The summed E-state index contributed by atoms with van der Waals surface area (Å²) in [4.78, 5) is 36.2. The van der Waals surface area contributed by atoms with Gasteiger partial charge in [0.25, 0.3) is 5.91 Å². The van der Waals surface area contributed by atoms with E-state index in [0.717, 1.165) is 12.8 Å². The first kappa shape index (κ1) is 15.1. The van der Waals surface area contributed by atoms with Gasteiger partial charge in [-0.1, -0.05) is 0 Å². The average molecular weight is 294 g/mol. The molecule has 0 saturated heterocycles. The van der Waals surface area contributed by atoms with Crippen molar-refractivity contribution in [3.05, 3.63) is 24.2 Å². The van der Waals surface area contributed by atoms with E-state index in [0.29, 0.717) is 12.5 Å². The van der Waals surface area contributed by atoms with E-state index >= 15 is 0 Å². The molecule has 0 aromatic carbocycles. The highest BCUT2D eigenvalue weighted by atomic mass is 16.4. The lowest BCUT2D eigenvalue weighted by Crippen LogP contribution is -2.49. The van der Waals surface area contributed by atoms with Gasteiger partial charge in [-0.25, -0.2) is 0 Å². The van der Waals surface area contributed by atoms with Gasteiger partial charge in [0, 0.05) is 6.54 Å². The molecule has 1 atom stereocenters. The Hall–Kier alpha value is -2.31. The highest BCUT2D eigenvalue weighted by molar-refractivity contribution is 5.95. The van der Waals surface area contributed by atoms with Crippen molar-refractivity contribution in [1.82, 2.24) is 10.2 Å². The van der Waals surface area contributed by atoms with Crippen molar-refractivity contribution in [2.24, 2.45) is 5.92 Å². The van der Waals surface area contributed by atoms with E-state index in [2.05, 4.69) is 5.32 Å². The molecule has 21 heavy (non-hydrogen) atoms. The van der Waals surface area contributed by atoms with E-state index in [1.54, 1.807) is 6.07 Å². The smallest absolute Gasteiger partial charge is 0.323 e. The predicted molar refractivity (Wildman–Crippen MR) is 72.6 cm³/mol. The van der Waals surface area contributed by atoms with Crippen molar-refractivity contribution in [1.29, 1.82) is 0 Å². The first-order chi connectivity index (χ1) is 9.97. The third-order valence-electron chi connectivity index (χ3n) is 3.28. The third kappa shape index (κ3) is 4.34. The molecule has 2 N–H and O–H groups in total. The van der Waals surface area contributed by atoms with Crippen LogP contribution in [0.4, 0.5) is 0 Å². The Morgan fingerprint density at radius 2 is 2.19 bits per heavy atom. The predicted octanol–water partition coefficient (Wildman–Crippen LogP) is 0.721. The summed E-state index contributed by atoms with van der Waals surface area (Å²) in [6.45, 7) is 1.60. The van der Waals surface area contributed by atoms with Crippen LogP contribution in [0.2, 0.25) is 0 Å². The molecule has 2 amide bonds. The Morgan fingerprint density at radius 3 is 2.71 bits per heavy atom. The van der Waals surface area contributed by atoms with E-state index in [1.165, 1.54) is 24.2 Å². The van der Waals surface area contributed by atoms with Crippen LogP contribution in [0, 0.1) is 5.92 Å². The minimum Gasteiger partial charge on any atom is -0.480 e. The Labute approximate surface area is 121 Å². The number of carbonyl (C=O) groups is 3. The zero-order valence-electron chi connectivity index (χ0n) is 11.7. The van der Waals surface area contributed by atoms with Crippen molar-refractivity contribution in [3.63, 3.8) is 0 Å². The fraction of sp³-hybridized carbons (Fsp3) is 0.500. The van der Waals surface area contributed by atoms with Gasteiger partial charge in [0.2, 0.25) is 5.91 Å². The summed E-state index contributed by atoms with van der Waals surface area (Å²) in [5.74, 6) is -1.47. The largest absolute Gasteiger partial charge is 0.480 e. The van der Waals surface area contributed by atoms with Crippen LogP contribution in [-0.2, 0) is 9.59 Å². The van der Waals surface area contributed by atoms with Crippen molar-refractivity contribution >= 4 is 17.8 Å². The molecular formula is C14H18N2O5. The van der Waals surface area contributed by atoms with Gasteiger partial charge >= 0.3 is 5.97 Å². The van der Waals surface area contributed by atoms with Crippen LogP contribution >= 0.6 is 0 Å². The van der Waals surface area contributed by atoms with E-state index in [-0.39, 0.29) is 12.3 Å². The number of hydrogen-bond acceptors (Lipinski definition) is 4. The van der Waals surface area contributed by atoms with Gasteiger partial charge in [-0.2, -0.15) is 0 Å². The summed E-state index contributed by atoms with van der Waals surface area (Å²) >= 11 is 0. The molecule has 1 fully saturated rings. The summed E-state index contributed by atoms with van der Waals surface area (Å²) in [6, 6.07) is 2.26. The molecule has 1 heterocycles. The highest BCUT2D eigenvalue weighted by Gasteiger charge is 2.30. The molecule has 1 unspecified atom stereocenters. The SMILES string of the molecule is CC(NC(=O)c1ccco1)C(=O)N(CC(=O)O)CC1CC1. The summed E-state index contributed by atoms with van der Waals surface area (Å²) in [6.07, 6.45) is 3.39. The molecule has 7 heteroatoms. The molecule has 1 saturated carbocycles. The minimum absolute atomic E-state index is 0.113. The molecule has 0 radical (unpaired) electrons. The van der Waals surface area contributed by atoms with Crippen molar-refractivity contribution in [2.75, 3.05) is 13.1 Å². The normalized spacial score (nSPS) is 15.3. The minimum atomic E-state index is -1.06. The lowest BCUT2D eigenvalue weighted by Gasteiger charge is -2.24. The van der Waals surface area contributed by atoms with Crippen LogP contribution in [0.15, 0.2) is 22.8 Å². The second-order valence-electron chi connectivity index (χ2n) is 5.23. The van der Waals surface area contributed by atoms with Crippen molar-refractivity contribution in [3.8, 4) is 0 Å². The maximum Gasteiger partial charge on any atom is 0.323 e. The molecule has 114 valence electrons. The van der Waals surface area contributed by atoms with E-state index in [9.17, 15) is 14.4 Å². The van der Waals surface area contributed by atoms with Gasteiger partial charge in [-0.15, -0.1) is 0 Å². The zero-order chi connectivity index (χ0) is 15.4. The summed E-state index contributed by atoms with van der Waals surface area (Å²) in [5.41, 5.74) is 0. The maximum absolute atomic E-state index is 12.3. The van der Waals surface area contributed by atoms with E-state index in [1.807, 2.05) is 0 Å². The number of aliphatic carboxylic acids is 1. The van der Waals surface area contributed by atoms with Gasteiger partial charge in [-0.05, 0) is 37.8 Å². The second-order valence-corrected chi connectivity index (χ2v) is 5.23. The number of amides is 2. The molecule has 7 nitrogen and oxygen atoms in total. The van der Waals surface area contributed by atoms with Gasteiger partial charge in [0.1, 0.15) is 12.6 Å². The summed E-state index contributed by atoms with van der Waals surface area (Å²) < 4.78 is 4.94. The number of carboxylic acids is 1. The lowest BCUT2D eigenvalue weighted by molar-refractivity contribution is -0.145. The van der Waals surface area contributed by atoms with Crippen LogP contribution in [-0.4, -0.2) is 46.9 Å². The number of hydrogen-bond donors (Lipinski definition) is 2. The molecule has 1 aliphatic carbocycles. The molecule has 0 aliphatic heterocycles. The van der Waals surface area contributed by atoms with Crippen LogP contribution in [0.1, 0.15) is 30.3 Å².